The first kappa shape index (κ1) is 18.4. The molecule has 0 spiro atoms. The van der Waals surface area contributed by atoms with E-state index in [0.29, 0.717) is 22.4 Å². The third kappa shape index (κ3) is 4.16. The van der Waals surface area contributed by atoms with E-state index < -0.39 is 5.82 Å². The highest BCUT2D eigenvalue weighted by atomic mass is 19.1. The van der Waals surface area contributed by atoms with Gasteiger partial charge < -0.3 is 20.4 Å². The highest BCUT2D eigenvalue weighted by molar-refractivity contribution is 5.88. The van der Waals surface area contributed by atoms with E-state index in [-0.39, 0.29) is 17.5 Å². The smallest absolute Gasteiger partial charge is 0.224 e. The zero-order valence-electron chi connectivity index (χ0n) is 15.8. The Kier molecular flexibility index (Phi) is 4.82. The van der Waals surface area contributed by atoms with Crippen LogP contribution in [0.3, 0.4) is 0 Å². The van der Waals surface area contributed by atoms with Crippen molar-refractivity contribution in [3.05, 3.63) is 66.4 Å². The Hall–Kier alpha value is -3.94. The fourth-order valence-electron chi connectivity index (χ4n) is 2.93. The summed E-state index contributed by atoms with van der Waals surface area (Å²) < 4.78 is 20.4. The molecule has 0 atom stereocenters. The van der Waals surface area contributed by atoms with E-state index >= 15 is 0 Å². The second kappa shape index (κ2) is 7.59. The van der Waals surface area contributed by atoms with Gasteiger partial charge in [-0.15, -0.1) is 0 Å². The second-order valence-electron chi connectivity index (χ2n) is 6.52. The largest absolute Gasteiger partial charge is 0.436 e. The van der Waals surface area contributed by atoms with E-state index in [0.717, 1.165) is 11.4 Å². The van der Waals surface area contributed by atoms with Crippen molar-refractivity contribution in [2.45, 2.75) is 13.8 Å². The Morgan fingerprint density at radius 3 is 2.59 bits per heavy atom. The van der Waals surface area contributed by atoms with Crippen LogP contribution in [0.2, 0.25) is 0 Å². The lowest BCUT2D eigenvalue weighted by molar-refractivity contribution is -0.114. The average molecular weight is 391 g/mol. The molecule has 0 unspecified atom stereocenters. The van der Waals surface area contributed by atoms with Crippen LogP contribution in [0.1, 0.15) is 12.6 Å². The Morgan fingerprint density at radius 1 is 1.07 bits per heavy atom. The Balaban J connectivity index is 1.52. The molecule has 3 N–H and O–H groups in total. The Labute approximate surface area is 166 Å². The summed E-state index contributed by atoms with van der Waals surface area (Å²) in [5, 5.41) is 6.28. The van der Waals surface area contributed by atoms with Crippen molar-refractivity contribution in [1.29, 1.82) is 0 Å². The van der Waals surface area contributed by atoms with Crippen molar-refractivity contribution in [2.75, 3.05) is 10.6 Å². The molecule has 1 amide bonds. The van der Waals surface area contributed by atoms with Gasteiger partial charge in [0.2, 0.25) is 11.8 Å². The Bertz CT molecular complexity index is 1190. The van der Waals surface area contributed by atoms with Gasteiger partial charge >= 0.3 is 0 Å². The number of halogens is 1. The summed E-state index contributed by atoms with van der Waals surface area (Å²) in [6.45, 7) is 3.32. The zero-order valence-corrected chi connectivity index (χ0v) is 15.8. The normalized spacial score (nSPS) is 10.7. The van der Waals surface area contributed by atoms with Crippen LogP contribution < -0.4 is 15.4 Å². The average Bonchev–Trinajstić information content (AvgIpc) is 3.07. The summed E-state index contributed by atoms with van der Waals surface area (Å²) in [4.78, 5) is 22.4. The van der Waals surface area contributed by atoms with Crippen LogP contribution in [0.5, 0.6) is 11.6 Å². The quantitative estimate of drug-likeness (QED) is 0.450. The number of rotatable bonds is 5. The lowest BCUT2D eigenvalue weighted by atomic mass is 10.2. The van der Waals surface area contributed by atoms with Crippen molar-refractivity contribution in [1.82, 2.24) is 15.0 Å². The van der Waals surface area contributed by atoms with Crippen LogP contribution in [0.15, 0.2) is 54.9 Å². The van der Waals surface area contributed by atoms with Gasteiger partial charge in [0.1, 0.15) is 12.1 Å². The molecule has 4 aromatic rings. The van der Waals surface area contributed by atoms with Gasteiger partial charge in [0.15, 0.2) is 11.6 Å². The van der Waals surface area contributed by atoms with E-state index in [4.69, 9.17) is 4.74 Å². The van der Waals surface area contributed by atoms with Gasteiger partial charge in [-0.1, -0.05) is 0 Å². The summed E-state index contributed by atoms with van der Waals surface area (Å²) in [6.07, 6.45) is 1.33. The van der Waals surface area contributed by atoms with Crippen LogP contribution >= 0.6 is 0 Å². The highest BCUT2D eigenvalue weighted by Crippen LogP contribution is 2.30. The van der Waals surface area contributed by atoms with Crippen LogP contribution in [-0.2, 0) is 4.79 Å². The number of hydrogen-bond acceptors (Lipinski definition) is 5. The number of nitrogens with zero attached hydrogens (tertiary/aromatic N) is 2. The van der Waals surface area contributed by atoms with Crippen molar-refractivity contribution in [3.63, 3.8) is 0 Å². The molecular weight excluding hydrogens is 373 g/mol. The van der Waals surface area contributed by atoms with Crippen LogP contribution in [0.4, 0.5) is 21.6 Å². The zero-order chi connectivity index (χ0) is 20.4. The molecule has 0 bridgehead atoms. The molecule has 0 aliphatic heterocycles. The minimum Gasteiger partial charge on any atom is -0.436 e. The summed E-state index contributed by atoms with van der Waals surface area (Å²) in [7, 11) is 0. The van der Waals surface area contributed by atoms with Gasteiger partial charge in [-0.3, -0.25) is 4.79 Å². The fourth-order valence-corrected chi connectivity index (χ4v) is 2.93. The third-order valence-corrected chi connectivity index (χ3v) is 4.17. The molecule has 0 saturated carbocycles. The number of fused-ring (bicyclic) bond motifs is 1. The predicted octanol–water partition coefficient (Wildman–Crippen LogP) is 4.90. The van der Waals surface area contributed by atoms with E-state index in [1.807, 2.05) is 6.92 Å². The molecule has 7 nitrogen and oxygen atoms in total. The monoisotopic (exact) mass is 391 g/mol. The third-order valence-electron chi connectivity index (χ3n) is 4.17. The van der Waals surface area contributed by atoms with Crippen LogP contribution in [0.25, 0.3) is 10.9 Å². The van der Waals surface area contributed by atoms with Crippen molar-refractivity contribution in [3.8, 4) is 11.6 Å². The first-order chi connectivity index (χ1) is 14.0. The molecular formula is C21H18FN5O2. The van der Waals surface area contributed by atoms with E-state index in [1.54, 1.807) is 48.5 Å². The first-order valence-corrected chi connectivity index (χ1v) is 8.90. The molecule has 2 aromatic heterocycles. The molecule has 2 heterocycles. The standard InChI is InChI=1S/C21H18FN5O2/c1-12-9-16-17(25-12)7-8-18(21(16)22)29-20-10-19(23-11-24-20)27-15-5-3-14(4-6-15)26-13(2)28/h3-11,25H,1-2H3,(H,26,28)(H,23,24,27). The molecule has 0 radical (unpaired) electrons. The summed E-state index contributed by atoms with van der Waals surface area (Å²) in [5.41, 5.74) is 3.04. The second-order valence-corrected chi connectivity index (χ2v) is 6.52. The minimum absolute atomic E-state index is 0.0841. The molecule has 0 aliphatic carbocycles. The topological polar surface area (TPSA) is 91.9 Å². The summed E-state index contributed by atoms with van der Waals surface area (Å²) in [5.74, 6) is 0.196. The van der Waals surface area contributed by atoms with E-state index in [9.17, 15) is 9.18 Å². The van der Waals surface area contributed by atoms with Crippen molar-refractivity contribution in [2.24, 2.45) is 0 Å². The molecule has 0 fully saturated rings. The minimum atomic E-state index is -0.450. The fraction of sp³-hybridized carbons (Fsp3) is 0.0952. The van der Waals surface area contributed by atoms with E-state index in [2.05, 4.69) is 25.6 Å². The number of amides is 1. The van der Waals surface area contributed by atoms with Crippen LogP contribution in [-0.4, -0.2) is 20.9 Å². The number of hydrogen-bond donors (Lipinski definition) is 3. The van der Waals surface area contributed by atoms with Gasteiger partial charge in [0.25, 0.3) is 0 Å². The van der Waals surface area contributed by atoms with Crippen LogP contribution in [0, 0.1) is 12.7 Å². The highest BCUT2D eigenvalue weighted by Gasteiger charge is 2.12. The first-order valence-electron chi connectivity index (χ1n) is 8.90. The number of carbonyl (C=O) groups is 1. The summed E-state index contributed by atoms with van der Waals surface area (Å²) in [6, 6.07) is 13.8. The number of H-pyrrole nitrogens is 1. The number of benzene rings is 2. The molecule has 8 heteroatoms. The maximum absolute atomic E-state index is 14.7. The number of aryl methyl sites for hydroxylation is 1. The number of aromatic nitrogens is 3. The number of anilines is 3. The SMILES string of the molecule is CC(=O)Nc1ccc(Nc2cc(Oc3ccc4[nH]c(C)cc4c3F)ncn2)cc1. The molecule has 0 aliphatic rings. The van der Waals surface area contributed by atoms with Crippen molar-refractivity contribution >= 4 is 34.0 Å². The van der Waals surface area contributed by atoms with Gasteiger partial charge in [-0.2, -0.15) is 0 Å². The predicted molar refractivity (Wildman–Crippen MR) is 109 cm³/mol. The molecule has 2 aromatic carbocycles. The van der Waals surface area contributed by atoms with Gasteiger partial charge in [0.05, 0.1) is 0 Å². The maximum atomic E-state index is 14.7. The Morgan fingerprint density at radius 2 is 1.83 bits per heavy atom. The van der Waals surface area contributed by atoms with Gasteiger partial charge in [-0.25, -0.2) is 14.4 Å². The molecule has 146 valence electrons. The summed E-state index contributed by atoms with van der Waals surface area (Å²) >= 11 is 0. The maximum Gasteiger partial charge on any atom is 0.224 e. The molecule has 29 heavy (non-hydrogen) atoms. The lowest BCUT2D eigenvalue weighted by Crippen LogP contribution is -2.05. The van der Waals surface area contributed by atoms with Crippen molar-refractivity contribution < 1.29 is 13.9 Å². The molecule has 4 rings (SSSR count). The number of aromatic amines is 1. The molecule has 0 saturated heterocycles. The lowest BCUT2D eigenvalue weighted by Gasteiger charge is -2.09. The van der Waals surface area contributed by atoms with Gasteiger partial charge in [0, 0.05) is 41.0 Å². The number of carbonyl (C=O) groups excluding carboxylic acids is 1. The van der Waals surface area contributed by atoms with Gasteiger partial charge in [-0.05, 0) is 49.4 Å². The van der Waals surface area contributed by atoms with E-state index in [1.165, 1.54) is 13.3 Å². The number of ether oxygens (including phenoxy) is 1. The number of nitrogens with one attached hydrogen (secondary N) is 3.